The molecule has 0 N–H and O–H groups in total. The van der Waals surface area contributed by atoms with Crippen molar-refractivity contribution in [2.24, 2.45) is 0 Å². The van der Waals surface area contributed by atoms with Crippen LogP contribution in [0.1, 0.15) is 35.4 Å². The van der Waals surface area contributed by atoms with Crippen LogP contribution in [0.5, 0.6) is 0 Å². The zero-order valence-corrected chi connectivity index (χ0v) is 24.9. The van der Waals surface area contributed by atoms with E-state index in [9.17, 15) is 26.3 Å². The van der Waals surface area contributed by atoms with E-state index in [0.717, 1.165) is 22.7 Å². The second-order valence-electron chi connectivity index (χ2n) is 9.51. The first-order valence-corrected chi connectivity index (χ1v) is 19.6. The monoisotopic (exact) mass is 724 g/mol. The van der Waals surface area contributed by atoms with Crippen LogP contribution in [0.4, 0.5) is 43.9 Å². The van der Waals surface area contributed by atoms with Crippen molar-refractivity contribution < 1.29 is 43.9 Å². The fraction of sp³-hybridized carbons (Fsp3) is 0.143. The third-order valence-corrected chi connectivity index (χ3v) is 24.7. The normalized spacial score (nSPS) is 16.6. The molecule has 1 fully saturated rings. The molecule has 3 heterocycles. The van der Waals surface area contributed by atoms with E-state index in [1.807, 2.05) is 0 Å². The van der Waals surface area contributed by atoms with Gasteiger partial charge in [-0.05, 0) is 0 Å². The zero-order valence-electron chi connectivity index (χ0n) is 20.4. The summed E-state index contributed by atoms with van der Waals surface area (Å²) in [6.45, 7) is 0. The van der Waals surface area contributed by atoms with Gasteiger partial charge in [-0.3, -0.25) is 0 Å². The van der Waals surface area contributed by atoms with Crippen molar-refractivity contribution in [3.63, 3.8) is 0 Å². The summed E-state index contributed by atoms with van der Waals surface area (Å²) in [6.07, 6.45) is 1.45. The first kappa shape index (κ1) is 28.5. The Morgan fingerprint density at radius 2 is 0.780 bits per heavy atom. The standard InChI is InChI=1S/C16H14S2.2C6F5.Sn/c1-2-6-14(12-16-8-4-10-18-16)13(5-1)11-15-7-3-9-17-15;2*7-2-1-3(8)5(10)6(11)4(2)9;/h3-4,7-10H,1-2,5-6H2;;;. The van der Waals surface area contributed by atoms with E-state index in [1.165, 1.54) is 35.0 Å². The number of halogens is 10. The Hall–Kier alpha value is -2.58. The van der Waals surface area contributed by atoms with Gasteiger partial charge in [-0.1, -0.05) is 0 Å². The molecule has 1 aliphatic heterocycles. The van der Waals surface area contributed by atoms with Gasteiger partial charge in [0.1, 0.15) is 0 Å². The molecule has 2 aromatic heterocycles. The third kappa shape index (κ3) is 3.85. The average Bonchev–Trinajstić information content (AvgIpc) is 3.73. The summed E-state index contributed by atoms with van der Waals surface area (Å²) in [4.78, 5) is 0.379. The van der Waals surface area contributed by atoms with Crippen LogP contribution in [0.15, 0.2) is 46.2 Å². The fourth-order valence-corrected chi connectivity index (χ4v) is 26.5. The first-order chi connectivity index (χ1) is 19.5. The van der Waals surface area contributed by atoms with E-state index in [2.05, 4.69) is 0 Å². The number of rotatable bonds is 4. The molecule has 0 spiro atoms. The van der Waals surface area contributed by atoms with Gasteiger partial charge in [-0.2, -0.15) is 0 Å². The fourth-order valence-electron chi connectivity index (χ4n) is 6.04. The molecule has 13 heteroatoms. The molecule has 0 atom stereocenters. The molecule has 6 rings (SSSR count). The Kier molecular flexibility index (Phi) is 7.17. The quantitative estimate of drug-likeness (QED) is 0.0861. The topological polar surface area (TPSA) is 0 Å². The Labute approximate surface area is 238 Å². The number of hydrogen-bond acceptors (Lipinski definition) is 2. The molecule has 0 nitrogen and oxygen atoms in total. The molecular weight excluding hydrogens is 709 g/mol. The Morgan fingerprint density at radius 1 is 0.463 bits per heavy atom. The predicted octanol–water partition coefficient (Wildman–Crippen LogP) is 8.34. The molecule has 4 aromatic rings. The van der Waals surface area contributed by atoms with Gasteiger partial charge in [-0.25, -0.2) is 0 Å². The number of benzene rings is 2. The van der Waals surface area contributed by atoms with Crippen molar-refractivity contribution in [3.8, 4) is 0 Å². The van der Waals surface area contributed by atoms with E-state index in [4.69, 9.17) is 0 Å². The molecular formula is C28H14F10S2Sn. The summed E-state index contributed by atoms with van der Waals surface area (Å²) in [6, 6.07) is 5.90. The molecule has 2 aliphatic rings. The van der Waals surface area contributed by atoms with Gasteiger partial charge in [-0.15, -0.1) is 0 Å². The first-order valence-electron chi connectivity index (χ1n) is 12.1. The van der Waals surface area contributed by atoms with Gasteiger partial charge in [0.25, 0.3) is 0 Å². The van der Waals surface area contributed by atoms with Crippen LogP contribution >= 0.6 is 22.7 Å². The van der Waals surface area contributed by atoms with Crippen LogP contribution in [0, 0.1) is 58.2 Å². The maximum atomic E-state index is 16.0. The minimum absolute atomic E-state index is 0.0844. The van der Waals surface area contributed by atoms with Crippen molar-refractivity contribution >= 4 is 55.4 Å². The summed E-state index contributed by atoms with van der Waals surface area (Å²) in [5.74, 6) is -23.9. The van der Waals surface area contributed by atoms with Crippen molar-refractivity contribution in [3.05, 3.63) is 114 Å². The molecule has 0 saturated heterocycles. The number of hydrogen-bond donors (Lipinski definition) is 0. The second-order valence-corrected chi connectivity index (χ2v) is 21.4. The molecule has 1 aliphatic carbocycles. The van der Waals surface area contributed by atoms with Gasteiger partial charge >= 0.3 is 239 Å². The average molecular weight is 723 g/mol. The molecule has 0 unspecified atom stereocenters. The van der Waals surface area contributed by atoms with Crippen molar-refractivity contribution in [2.45, 2.75) is 25.7 Å². The van der Waals surface area contributed by atoms with Crippen LogP contribution < -0.4 is 7.16 Å². The SMILES string of the molecule is Fc1c(F)c(F)[c]([Sn]2([c]3c(F)c(F)c(F)c(F)c3F)[C](c3cccs3)=C3CCCCC3=[C]2c2cccs2)c(F)c1F. The summed E-state index contributed by atoms with van der Waals surface area (Å²) < 4.78 is 149. The van der Waals surface area contributed by atoms with E-state index >= 15 is 17.6 Å². The molecule has 2 aromatic carbocycles. The van der Waals surface area contributed by atoms with Gasteiger partial charge in [0.15, 0.2) is 0 Å². The van der Waals surface area contributed by atoms with Crippen molar-refractivity contribution in [1.82, 2.24) is 0 Å². The van der Waals surface area contributed by atoms with E-state index in [-0.39, 0.29) is 29.8 Å². The summed E-state index contributed by atoms with van der Waals surface area (Å²) in [5.41, 5.74) is 0.761. The number of fused-ring (bicyclic) bond motifs is 1. The molecule has 212 valence electrons. The molecule has 0 radical (unpaired) electrons. The van der Waals surface area contributed by atoms with E-state index in [1.54, 1.807) is 0 Å². The van der Waals surface area contributed by atoms with Crippen molar-refractivity contribution in [2.75, 3.05) is 0 Å². The predicted molar refractivity (Wildman–Crippen MR) is 138 cm³/mol. The van der Waals surface area contributed by atoms with Gasteiger partial charge in [0.05, 0.1) is 0 Å². The summed E-state index contributed by atoms with van der Waals surface area (Å²) in [7, 11) is 0. The number of thiophene rings is 2. The van der Waals surface area contributed by atoms with Crippen molar-refractivity contribution in [1.29, 1.82) is 0 Å². The van der Waals surface area contributed by atoms with Gasteiger partial charge in [0, 0.05) is 0 Å². The second kappa shape index (κ2) is 10.3. The molecule has 0 amide bonds. The summed E-state index contributed by atoms with van der Waals surface area (Å²) in [5, 5.41) is 3.06. The van der Waals surface area contributed by atoms with E-state index in [0.29, 0.717) is 24.0 Å². The molecule has 0 bridgehead atoms. The van der Waals surface area contributed by atoms with Crippen LogP contribution in [0.2, 0.25) is 0 Å². The van der Waals surface area contributed by atoms with Crippen LogP contribution in [-0.2, 0) is 0 Å². The summed E-state index contributed by atoms with van der Waals surface area (Å²) >= 11 is -4.82. The Balaban J connectivity index is 1.97. The van der Waals surface area contributed by atoms with Crippen LogP contribution in [-0.4, -0.2) is 18.4 Å². The third-order valence-electron chi connectivity index (χ3n) is 7.53. The van der Waals surface area contributed by atoms with Crippen LogP contribution in [0.25, 0.3) is 7.18 Å². The Morgan fingerprint density at radius 3 is 1.07 bits per heavy atom. The van der Waals surface area contributed by atoms with E-state index < -0.39 is 83.7 Å². The number of allylic oxidation sites excluding steroid dienone is 2. The zero-order chi connectivity index (χ0) is 29.4. The van der Waals surface area contributed by atoms with Crippen LogP contribution in [0.3, 0.4) is 0 Å². The Bertz CT molecular complexity index is 1600. The maximum absolute atomic E-state index is 16.0. The van der Waals surface area contributed by atoms with Gasteiger partial charge < -0.3 is 0 Å². The van der Waals surface area contributed by atoms with Gasteiger partial charge in [0.2, 0.25) is 0 Å². The molecule has 1 saturated carbocycles. The molecule has 41 heavy (non-hydrogen) atoms. The minimum atomic E-state index is -6.77.